The molecule has 1 saturated carbocycles. The number of hydrogen-bond acceptors (Lipinski definition) is 3. The molecule has 2 aliphatic rings. The van der Waals surface area contributed by atoms with Gasteiger partial charge in [0.2, 0.25) is 0 Å². The van der Waals surface area contributed by atoms with Crippen LogP contribution < -0.4 is 5.32 Å². The van der Waals surface area contributed by atoms with Gasteiger partial charge in [-0.2, -0.15) is 0 Å². The van der Waals surface area contributed by atoms with E-state index in [0.717, 1.165) is 31.7 Å². The molecule has 1 N–H and O–H groups in total. The van der Waals surface area contributed by atoms with Gasteiger partial charge in [-0.1, -0.05) is 13.8 Å². The lowest BCUT2D eigenvalue weighted by Crippen LogP contribution is -2.46. The van der Waals surface area contributed by atoms with E-state index in [1.165, 1.54) is 32.2 Å². The molecule has 1 aliphatic carbocycles. The summed E-state index contributed by atoms with van der Waals surface area (Å²) in [4.78, 5) is 2.75. The summed E-state index contributed by atoms with van der Waals surface area (Å²) in [6, 6.07) is 2.13. The predicted molar refractivity (Wildman–Crippen MR) is 75.9 cm³/mol. The summed E-state index contributed by atoms with van der Waals surface area (Å²) in [5.41, 5.74) is 0. The zero-order valence-corrected chi connectivity index (χ0v) is 12.3. The molecule has 1 aliphatic heterocycles. The Morgan fingerprint density at radius 1 is 1.28 bits per heavy atom. The highest BCUT2D eigenvalue weighted by Crippen LogP contribution is 2.30. The molecule has 3 nitrogen and oxygen atoms in total. The third-order valence-electron chi connectivity index (χ3n) is 4.17. The number of nitrogens with zero attached hydrogens (tertiary/aromatic N) is 1. The summed E-state index contributed by atoms with van der Waals surface area (Å²) in [5, 5.41) is 3.58. The van der Waals surface area contributed by atoms with Crippen molar-refractivity contribution in [1.29, 1.82) is 0 Å². The van der Waals surface area contributed by atoms with Crippen molar-refractivity contribution in [2.24, 2.45) is 5.92 Å². The van der Waals surface area contributed by atoms with Crippen molar-refractivity contribution in [3.63, 3.8) is 0 Å². The molecule has 0 bridgehead atoms. The largest absolute Gasteiger partial charge is 0.379 e. The molecular formula is C15H30N2O. The maximum atomic E-state index is 5.56. The van der Waals surface area contributed by atoms with Gasteiger partial charge in [0.1, 0.15) is 0 Å². The Kier molecular flexibility index (Phi) is 5.46. The van der Waals surface area contributed by atoms with Crippen LogP contribution in [0.25, 0.3) is 0 Å². The van der Waals surface area contributed by atoms with E-state index < -0.39 is 0 Å². The van der Waals surface area contributed by atoms with Crippen LogP contribution in [0.4, 0.5) is 0 Å². The summed E-state index contributed by atoms with van der Waals surface area (Å²) in [5.74, 6) is 0.814. The number of nitrogens with one attached hydrogen (secondary N) is 1. The second-order valence-corrected chi connectivity index (χ2v) is 6.46. The fraction of sp³-hybridized carbons (Fsp3) is 1.00. The van der Waals surface area contributed by atoms with Crippen LogP contribution >= 0.6 is 0 Å². The fourth-order valence-corrected chi connectivity index (χ4v) is 2.89. The van der Waals surface area contributed by atoms with Gasteiger partial charge in [0.05, 0.1) is 13.2 Å². The van der Waals surface area contributed by atoms with E-state index in [1.54, 1.807) is 0 Å². The van der Waals surface area contributed by atoms with Crippen molar-refractivity contribution < 1.29 is 4.74 Å². The molecule has 0 amide bonds. The molecule has 2 rings (SSSR count). The van der Waals surface area contributed by atoms with Crippen LogP contribution in [0.5, 0.6) is 0 Å². The van der Waals surface area contributed by atoms with Crippen LogP contribution in [0, 0.1) is 5.92 Å². The normalized spacial score (nSPS) is 26.8. The average Bonchev–Trinajstić information content (AvgIpc) is 3.14. The summed E-state index contributed by atoms with van der Waals surface area (Å²) >= 11 is 0. The molecule has 3 heteroatoms. The second-order valence-electron chi connectivity index (χ2n) is 6.46. The predicted octanol–water partition coefficient (Wildman–Crippen LogP) is 2.26. The molecule has 2 atom stereocenters. The summed E-state index contributed by atoms with van der Waals surface area (Å²) < 4.78 is 5.56. The van der Waals surface area contributed by atoms with Gasteiger partial charge < -0.3 is 10.1 Å². The molecule has 106 valence electrons. The maximum absolute atomic E-state index is 5.56. The first kappa shape index (κ1) is 14.3. The molecule has 0 aromatic carbocycles. The molecule has 0 spiro atoms. The molecular weight excluding hydrogens is 224 g/mol. The Labute approximate surface area is 112 Å². The van der Waals surface area contributed by atoms with Crippen LogP contribution in [-0.2, 0) is 4.74 Å². The second kappa shape index (κ2) is 6.88. The van der Waals surface area contributed by atoms with Gasteiger partial charge in [-0.3, -0.25) is 4.90 Å². The smallest absolute Gasteiger partial charge is 0.0620 e. The highest BCUT2D eigenvalue weighted by Gasteiger charge is 2.32. The van der Waals surface area contributed by atoms with Crippen LogP contribution in [0.15, 0.2) is 0 Å². The Balaban J connectivity index is 1.77. The highest BCUT2D eigenvalue weighted by molar-refractivity contribution is 4.89. The minimum atomic E-state index is 0.564. The number of hydrogen-bond donors (Lipinski definition) is 1. The van der Waals surface area contributed by atoms with Gasteiger partial charge in [-0.05, 0) is 45.1 Å². The van der Waals surface area contributed by atoms with Gasteiger partial charge in [-0.15, -0.1) is 0 Å². The SMILES string of the molecule is CC(C)CCN(C(C)CC1COCCN1)C1CC1. The van der Waals surface area contributed by atoms with E-state index in [4.69, 9.17) is 4.74 Å². The Bertz CT molecular complexity index is 235. The van der Waals surface area contributed by atoms with Crippen molar-refractivity contribution >= 4 is 0 Å². The molecule has 0 radical (unpaired) electrons. The maximum Gasteiger partial charge on any atom is 0.0620 e. The van der Waals surface area contributed by atoms with Crippen molar-refractivity contribution in [2.75, 3.05) is 26.3 Å². The van der Waals surface area contributed by atoms with Crippen LogP contribution in [0.2, 0.25) is 0 Å². The fourth-order valence-electron chi connectivity index (χ4n) is 2.89. The zero-order valence-electron chi connectivity index (χ0n) is 12.3. The lowest BCUT2D eigenvalue weighted by atomic mass is 10.0. The minimum Gasteiger partial charge on any atom is -0.379 e. The number of morpholine rings is 1. The first-order chi connectivity index (χ1) is 8.66. The molecule has 18 heavy (non-hydrogen) atoms. The minimum absolute atomic E-state index is 0.564. The van der Waals surface area contributed by atoms with E-state index in [0.29, 0.717) is 12.1 Å². The first-order valence-electron chi connectivity index (χ1n) is 7.73. The van der Waals surface area contributed by atoms with E-state index >= 15 is 0 Å². The van der Waals surface area contributed by atoms with Gasteiger partial charge in [-0.25, -0.2) is 0 Å². The van der Waals surface area contributed by atoms with E-state index in [9.17, 15) is 0 Å². The Hall–Kier alpha value is -0.120. The van der Waals surface area contributed by atoms with Gasteiger partial charge in [0.15, 0.2) is 0 Å². The quantitative estimate of drug-likeness (QED) is 0.754. The first-order valence-corrected chi connectivity index (χ1v) is 7.73. The molecule has 1 saturated heterocycles. The number of rotatable bonds is 7. The molecule has 2 fully saturated rings. The Morgan fingerprint density at radius 2 is 2.06 bits per heavy atom. The molecule has 1 heterocycles. The molecule has 2 unspecified atom stereocenters. The van der Waals surface area contributed by atoms with Gasteiger partial charge in [0.25, 0.3) is 0 Å². The van der Waals surface area contributed by atoms with Crippen LogP contribution in [-0.4, -0.2) is 49.3 Å². The van der Waals surface area contributed by atoms with E-state index in [1.807, 2.05) is 0 Å². The summed E-state index contributed by atoms with van der Waals surface area (Å²) in [6.45, 7) is 11.1. The molecule has 0 aromatic rings. The van der Waals surface area contributed by atoms with E-state index in [-0.39, 0.29) is 0 Å². The van der Waals surface area contributed by atoms with E-state index in [2.05, 4.69) is 31.0 Å². The molecule has 0 aromatic heterocycles. The van der Waals surface area contributed by atoms with Crippen LogP contribution in [0.1, 0.15) is 46.5 Å². The monoisotopic (exact) mass is 254 g/mol. The standard InChI is InChI=1S/C15H30N2O/c1-12(2)6-8-17(15-4-5-15)13(3)10-14-11-18-9-7-16-14/h12-16H,4-11H2,1-3H3. The summed E-state index contributed by atoms with van der Waals surface area (Å²) in [6.07, 6.45) is 5.39. The zero-order chi connectivity index (χ0) is 13.0. The van der Waals surface area contributed by atoms with Crippen LogP contribution in [0.3, 0.4) is 0 Å². The van der Waals surface area contributed by atoms with Crippen molar-refractivity contribution in [1.82, 2.24) is 10.2 Å². The highest BCUT2D eigenvalue weighted by atomic mass is 16.5. The average molecular weight is 254 g/mol. The third kappa shape index (κ3) is 4.52. The lowest BCUT2D eigenvalue weighted by molar-refractivity contribution is 0.0601. The number of ether oxygens (including phenoxy) is 1. The Morgan fingerprint density at radius 3 is 2.61 bits per heavy atom. The third-order valence-corrected chi connectivity index (χ3v) is 4.17. The lowest BCUT2D eigenvalue weighted by Gasteiger charge is -2.34. The van der Waals surface area contributed by atoms with Crippen molar-refractivity contribution in [3.8, 4) is 0 Å². The van der Waals surface area contributed by atoms with Gasteiger partial charge >= 0.3 is 0 Å². The summed E-state index contributed by atoms with van der Waals surface area (Å²) in [7, 11) is 0. The van der Waals surface area contributed by atoms with Crippen molar-refractivity contribution in [3.05, 3.63) is 0 Å². The topological polar surface area (TPSA) is 24.5 Å². The van der Waals surface area contributed by atoms with Gasteiger partial charge in [0, 0.05) is 24.7 Å². The van der Waals surface area contributed by atoms with Crippen molar-refractivity contribution in [2.45, 2.75) is 64.6 Å².